The predicted molar refractivity (Wildman–Crippen MR) is 145 cm³/mol. The molecule has 0 saturated carbocycles. The zero-order valence-electron chi connectivity index (χ0n) is 21.5. The monoisotopic (exact) mass is 504 g/mol. The molecule has 2 aromatic carbocycles. The second-order valence-electron chi connectivity index (χ2n) is 10.2. The molecule has 0 atom stereocenters. The number of halogens is 1. The van der Waals surface area contributed by atoms with Crippen LogP contribution < -0.4 is 10.5 Å². The lowest BCUT2D eigenvalue weighted by atomic mass is 10.1. The Bertz CT molecular complexity index is 1180. The van der Waals surface area contributed by atoms with Gasteiger partial charge in [-0.1, -0.05) is 42.5 Å². The first-order valence-corrected chi connectivity index (χ1v) is 13.4. The summed E-state index contributed by atoms with van der Waals surface area (Å²) in [6.07, 6.45) is 2.07. The van der Waals surface area contributed by atoms with Crippen LogP contribution in [0.1, 0.15) is 23.2 Å². The summed E-state index contributed by atoms with van der Waals surface area (Å²) >= 11 is 0. The first-order valence-electron chi connectivity index (χ1n) is 13.4. The molecular weight excluding hydrogens is 467 g/mol. The minimum absolute atomic E-state index is 0.0890. The number of rotatable bonds is 8. The molecule has 0 spiro atoms. The lowest BCUT2D eigenvalue weighted by Gasteiger charge is -2.34. The molecule has 3 aromatic rings. The van der Waals surface area contributed by atoms with Crippen LogP contribution in [-0.2, 0) is 19.5 Å². The third kappa shape index (κ3) is 7.47. The van der Waals surface area contributed by atoms with E-state index in [2.05, 4.69) is 54.9 Å². The van der Waals surface area contributed by atoms with E-state index in [1.54, 1.807) is 6.07 Å². The number of nitrogens with one attached hydrogen (secondary N) is 1. The second-order valence-corrected chi connectivity index (χ2v) is 10.2. The summed E-state index contributed by atoms with van der Waals surface area (Å²) in [5.41, 5.74) is 3.25. The Kier molecular flexibility index (Phi) is 8.61. The smallest absolute Gasteiger partial charge is 0.252 e. The number of aromatic amines is 1. The highest BCUT2D eigenvalue weighted by Crippen LogP contribution is 2.15. The summed E-state index contributed by atoms with van der Waals surface area (Å²) in [6.45, 7) is 10.1. The second kappa shape index (κ2) is 12.4. The van der Waals surface area contributed by atoms with Crippen LogP contribution >= 0.6 is 0 Å². The number of benzene rings is 2. The first kappa shape index (κ1) is 25.6. The summed E-state index contributed by atoms with van der Waals surface area (Å²) < 4.78 is 13.2. The van der Waals surface area contributed by atoms with Crippen molar-refractivity contribution in [1.82, 2.24) is 24.7 Å². The summed E-state index contributed by atoms with van der Waals surface area (Å²) in [7, 11) is 0. The van der Waals surface area contributed by atoms with Crippen molar-refractivity contribution in [2.45, 2.75) is 25.9 Å². The fraction of sp³-hybridized carbons (Fsp3) is 0.448. The minimum Gasteiger partial charge on any atom is -0.341 e. The highest BCUT2D eigenvalue weighted by Gasteiger charge is 2.20. The van der Waals surface area contributed by atoms with Gasteiger partial charge in [-0.25, -0.2) is 9.37 Å². The average Bonchev–Trinajstić information content (AvgIpc) is 3.15. The van der Waals surface area contributed by atoms with Gasteiger partial charge in [-0.3, -0.25) is 19.6 Å². The van der Waals surface area contributed by atoms with Crippen LogP contribution in [0.3, 0.4) is 0 Å². The van der Waals surface area contributed by atoms with Gasteiger partial charge >= 0.3 is 0 Å². The van der Waals surface area contributed by atoms with E-state index < -0.39 is 0 Å². The maximum Gasteiger partial charge on any atom is 0.252 e. The fourth-order valence-electron chi connectivity index (χ4n) is 5.25. The van der Waals surface area contributed by atoms with Gasteiger partial charge < -0.3 is 9.80 Å². The lowest BCUT2D eigenvalue weighted by Crippen LogP contribution is -2.46. The van der Waals surface area contributed by atoms with Gasteiger partial charge in [0.25, 0.3) is 5.56 Å². The molecule has 0 bridgehead atoms. The Balaban J connectivity index is 1.12. The van der Waals surface area contributed by atoms with Gasteiger partial charge in [-0.05, 0) is 36.1 Å². The van der Waals surface area contributed by atoms with Crippen LogP contribution in [0.4, 0.5) is 10.3 Å². The fourth-order valence-corrected chi connectivity index (χ4v) is 5.25. The molecule has 8 heteroatoms. The van der Waals surface area contributed by atoms with Crippen LogP contribution in [0, 0.1) is 5.82 Å². The molecule has 1 N–H and O–H groups in total. The van der Waals surface area contributed by atoms with E-state index in [-0.39, 0.29) is 11.4 Å². The van der Waals surface area contributed by atoms with E-state index >= 15 is 0 Å². The van der Waals surface area contributed by atoms with Crippen molar-refractivity contribution in [3.8, 4) is 0 Å². The zero-order valence-corrected chi connectivity index (χ0v) is 21.5. The van der Waals surface area contributed by atoms with Crippen LogP contribution in [0.25, 0.3) is 0 Å². The summed E-state index contributed by atoms with van der Waals surface area (Å²) in [5, 5.41) is 0. The molecular formula is C29H37FN6O. The maximum absolute atomic E-state index is 13.2. The summed E-state index contributed by atoms with van der Waals surface area (Å²) in [5.74, 6) is 0.471. The zero-order chi connectivity index (χ0) is 25.5. The largest absolute Gasteiger partial charge is 0.341 e. The molecule has 37 heavy (non-hydrogen) atoms. The van der Waals surface area contributed by atoms with Crippen LogP contribution in [0.5, 0.6) is 0 Å². The van der Waals surface area contributed by atoms with Crippen molar-refractivity contribution < 1.29 is 4.39 Å². The predicted octanol–water partition coefficient (Wildman–Crippen LogP) is 2.98. The van der Waals surface area contributed by atoms with Gasteiger partial charge in [-0.15, -0.1) is 0 Å². The van der Waals surface area contributed by atoms with E-state index in [0.29, 0.717) is 12.5 Å². The van der Waals surface area contributed by atoms with E-state index in [9.17, 15) is 9.18 Å². The Morgan fingerprint density at radius 2 is 1.46 bits per heavy atom. The van der Waals surface area contributed by atoms with E-state index in [0.717, 1.165) is 89.5 Å². The molecule has 7 nitrogen and oxygen atoms in total. The van der Waals surface area contributed by atoms with Crippen LogP contribution in [0.15, 0.2) is 65.5 Å². The molecule has 2 fully saturated rings. The third-order valence-corrected chi connectivity index (χ3v) is 7.40. The molecule has 0 radical (unpaired) electrons. The van der Waals surface area contributed by atoms with Gasteiger partial charge in [-0.2, -0.15) is 0 Å². The van der Waals surface area contributed by atoms with Crippen molar-refractivity contribution in [3.05, 3.63) is 93.7 Å². The van der Waals surface area contributed by atoms with Gasteiger partial charge in [0.1, 0.15) is 5.82 Å². The number of H-pyrrole nitrogens is 1. The first-order chi connectivity index (χ1) is 18.1. The molecule has 3 heterocycles. The van der Waals surface area contributed by atoms with Gasteiger partial charge in [0.05, 0.1) is 5.69 Å². The highest BCUT2D eigenvalue weighted by atomic mass is 19.1. The lowest BCUT2D eigenvalue weighted by molar-refractivity contribution is 0.127. The Hall–Kier alpha value is -3.07. The number of piperazine rings is 1. The van der Waals surface area contributed by atoms with Crippen molar-refractivity contribution in [1.29, 1.82) is 0 Å². The highest BCUT2D eigenvalue weighted by molar-refractivity contribution is 5.31. The van der Waals surface area contributed by atoms with Crippen LogP contribution in [0.2, 0.25) is 0 Å². The molecule has 1 aromatic heterocycles. The Morgan fingerprint density at radius 3 is 2.24 bits per heavy atom. The molecule has 2 aliphatic rings. The quantitative estimate of drug-likeness (QED) is 0.509. The molecule has 2 aliphatic heterocycles. The molecule has 2 saturated heterocycles. The average molecular weight is 505 g/mol. The van der Waals surface area contributed by atoms with Gasteiger partial charge in [0.2, 0.25) is 5.95 Å². The molecule has 196 valence electrons. The normalized spacial score (nSPS) is 18.1. The maximum atomic E-state index is 13.2. The SMILES string of the molecule is O=c1cc(CN2CCN(CCc3ccccc3)CC2)nc(N2CCCN(Cc3ccc(F)cc3)CC2)[nH]1. The molecule has 5 rings (SSSR count). The van der Waals surface area contributed by atoms with E-state index in [1.165, 1.54) is 17.7 Å². The number of anilines is 1. The minimum atomic E-state index is -0.203. The molecule has 0 unspecified atom stereocenters. The van der Waals surface area contributed by atoms with Crippen molar-refractivity contribution in [2.75, 3.05) is 63.8 Å². The van der Waals surface area contributed by atoms with Gasteiger partial charge in [0, 0.05) is 78.1 Å². The van der Waals surface area contributed by atoms with E-state index in [1.807, 2.05) is 12.1 Å². The summed E-state index contributed by atoms with van der Waals surface area (Å²) in [6, 6.07) is 19.0. The third-order valence-electron chi connectivity index (χ3n) is 7.40. The Morgan fingerprint density at radius 1 is 0.757 bits per heavy atom. The standard InChI is InChI=1S/C29H37FN6O/c30-26-9-7-25(8-10-26)22-34-12-4-13-36(20-19-34)29-31-27(21-28(37)32-29)23-35-17-15-33(16-18-35)14-11-24-5-2-1-3-6-24/h1-3,5-10,21H,4,11-20,22-23H2,(H,31,32,37). The Labute approximate surface area is 218 Å². The molecule has 0 aliphatic carbocycles. The number of hydrogen-bond acceptors (Lipinski definition) is 6. The van der Waals surface area contributed by atoms with Crippen molar-refractivity contribution >= 4 is 5.95 Å². The topological polar surface area (TPSA) is 58.7 Å². The number of nitrogens with zero attached hydrogens (tertiary/aromatic N) is 5. The van der Waals surface area contributed by atoms with Gasteiger partial charge in [0.15, 0.2) is 0 Å². The molecule has 0 amide bonds. The number of aromatic nitrogens is 2. The van der Waals surface area contributed by atoms with Crippen molar-refractivity contribution in [2.24, 2.45) is 0 Å². The summed E-state index contributed by atoms with van der Waals surface area (Å²) in [4.78, 5) is 29.8. The number of hydrogen-bond donors (Lipinski definition) is 1. The van der Waals surface area contributed by atoms with E-state index in [4.69, 9.17) is 4.98 Å². The van der Waals surface area contributed by atoms with Crippen LogP contribution in [-0.4, -0.2) is 83.6 Å². The van der Waals surface area contributed by atoms with Crippen molar-refractivity contribution in [3.63, 3.8) is 0 Å².